The number of benzene rings is 2. The van der Waals surface area contributed by atoms with Gasteiger partial charge in [0.1, 0.15) is 0 Å². The highest BCUT2D eigenvalue weighted by atomic mass is 127. The van der Waals surface area contributed by atoms with E-state index in [9.17, 15) is 0 Å². The fourth-order valence-corrected chi connectivity index (χ4v) is 4.78. The highest BCUT2D eigenvalue weighted by Gasteiger charge is 2.18. The first-order valence-corrected chi connectivity index (χ1v) is 9.60. The average Bonchev–Trinajstić information content (AvgIpc) is 2.90. The summed E-state index contributed by atoms with van der Waals surface area (Å²) in [6.45, 7) is 3.10. The Balaban J connectivity index is 2.14. The van der Waals surface area contributed by atoms with E-state index in [1.54, 1.807) is 11.3 Å². The van der Waals surface area contributed by atoms with Gasteiger partial charge in [-0.1, -0.05) is 31.2 Å². The minimum absolute atomic E-state index is 0.243. The SMILES string of the molecule is CCNC(c1cccc(I)c1)c1csc2c(Br)cccc12. The van der Waals surface area contributed by atoms with Gasteiger partial charge in [-0.15, -0.1) is 11.3 Å². The maximum Gasteiger partial charge on any atom is 0.0591 e. The molecular weight excluding hydrogens is 457 g/mol. The van der Waals surface area contributed by atoms with Crippen molar-refractivity contribution in [3.63, 3.8) is 0 Å². The molecule has 3 aromatic rings. The van der Waals surface area contributed by atoms with E-state index in [0.29, 0.717) is 0 Å². The lowest BCUT2D eigenvalue weighted by Crippen LogP contribution is -2.21. The van der Waals surface area contributed by atoms with Crippen molar-refractivity contribution in [3.8, 4) is 0 Å². The van der Waals surface area contributed by atoms with E-state index in [1.165, 1.54) is 29.3 Å². The highest BCUT2D eigenvalue weighted by Crippen LogP contribution is 2.37. The monoisotopic (exact) mass is 471 g/mol. The van der Waals surface area contributed by atoms with Crippen LogP contribution in [0, 0.1) is 3.57 Å². The van der Waals surface area contributed by atoms with Crippen LogP contribution in [0.3, 0.4) is 0 Å². The Kier molecular flexibility index (Phi) is 4.99. The summed E-state index contributed by atoms with van der Waals surface area (Å²) in [6, 6.07) is 15.4. The van der Waals surface area contributed by atoms with Gasteiger partial charge >= 0.3 is 0 Å². The van der Waals surface area contributed by atoms with Crippen LogP contribution in [0.25, 0.3) is 10.1 Å². The molecule has 0 spiro atoms. The molecule has 0 radical (unpaired) electrons. The Labute approximate surface area is 151 Å². The molecule has 0 amide bonds. The zero-order chi connectivity index (χ0) is 14.8. The molecule has 0 saturated carbocycles. The molecule has 0 fully saturated rings. The molecule has 1 aromatic heterocycles. The molecule has 1 nitrogen and oxygen atoms in total. The van der Waals surface area contributed by atoms with Crippen molar-refractivity contribution in [2.75, 3.05) is 6.54 Å². The number of halogens is 2. The molecule has 0 aliphatic heterocycles. The van der Waals surface area contributed by atoms with E-state index in [2.05, 4.69) is 98.6 Å². The number of rotatable bonds is 4. The summed E-state index contributed by atoms with van der Waals surface area (Å²) < 4.78 is 3.77. The first kappa shape index (κ1) is 15.5. The molecule has 21 heavy (non-hydrogen) atoms. The number of nitrogens with one attached hydrogen (secondary N) is 1. The standard InChI is InChI=1S/C17H15BrINS/c1-2-20-16(11-5-3-6-12(19)9-11)14-10-21-17-13(14)7-4-8-15(17)18/h3-10,16,20H,2H2,1H3. The summed E-state index contributed by atoms with van der Waals surface area (Å²) >= 11 is 7.84. The van der Waals surface area contributed by atoms with Crippen molar-refractivity contribution in [2.45, 2.75) is 13.0 Å². The van der Waals surface area contributed by atoms with Crippen molar-refractivity contribution in [1.29, 1.82) is 0 Å². The molecule has 1 N–H and O–H groups in total. The second-order valence-corrected chi connectivity index (χ2v) is 7.83. The van der Waals surface area contributed by atoms with E-state index >= 15 is 0 Å². The second-order valence-electron chi connectivity index (χ2n) is 4.85. The van der Waals surface area contributed by atoms with Gasteiger partial charge in [0.2, 0.25) is 0 Å². The van der Waals surface area contributed by atoms with Crippen LogP contribution in [0.5, 0.6) is 0 Å². The second kappa shape index (κ2) is 6.77. The van der Waals surface area contributed by atoms with Gasteiger partial charge < -0.3 is 5.32 Å². The predicted octanol–water partition coefficient (Wildman–Crippen LogP) is 5.97. The third-order valence-electron chi connectivity index (χ3n) is 3.48. The summed E-state index contributed by atoms with van der Waals surface area (Å²) in [7, 11) is 0. The lowest BCUT2D eigenvalue weighted by atomic mass is 9.98. The molecule has 1 unspecified atom stereocenters. The Bertz CT molecular complexity index is 768. The van der Waals surface area contributed by atoms with Gasteiger partial charge in [-0.25, -0.2) is 0 Å². The van der Waals surface area contributed by atoms with E-state index in [0.717, 1.165) is 6.54 Å². The maximum atomic E-state index is 3.65. The van der Waals surface area contributed by atoms with Gasteiger partial charge in [0.15, 0.2) is 0 Å². The lowest BCUT2D eigenvalue weighted by molar-refractivity contribution is 0.635. The minimum Gasteiger partial charge on any atom is -0.306 e. The lowest BCUT2D eigenvalue weighted by Gasteiger charge is -2.18. The van der Waals surface area contributed by atoms with E-state index < -0.39 is 0 Å². The van der Waals surface area contributed by atoms with Crippen molar-refractivity contribution in [3.05, 3.63) is 67.0 Å². The third-order valence-corrected chi connectivity index (χ3v) is 6.12. The van der Waals surface area contributed by atoms with E-state index in [4.69, 9.17) is 0 Å². The van der Waals surface area contributed by atoms with Gasteiger partial charge in [0, 0.05) is 12.7 Å². The molecule has 1 atom stereocenters. The molecule has 1 heterocycles. The zero-order valence-corrected chi connectivity index (χ0v) is 16.1. The van der Waals surface area contributed by atoms with Gasteiger partial charge in [-0.3, -0.25) is 0 Å². The zero-order valence-electron chi connectivity index (χ0n) is 11.6. The predicted molar refractivity (Wildman–Crippen MR) is 104 cm³/mol. The topological polar surface area (TPSA) is 12.0 Å². The largest absolute Gasteiger partial charge is 0.306 e. The van der Waals surface area contributed by atoms with Crippen LogP contribution < -0.4 is 5.32 Å². The van der Waals surface area contributed by atoms with Gasteiger partial charge in [0.05, 0.1) is 6.04 Å². The van der Waals surface area contributed by atoms with E-state index in [1.807, 2.05) is 0 Å². The molecule has 0 bridgehead atoms. The Hall–Kier alpha value is -0.430. The third kappa shape index (κ3) is 3.18. The summed E-state index contributed by atoms with van der Waals surface area (Å²) in [5.74, 6) is 0. The summed E-state index contributed by atoms with van der Waals surface area (Å²) in [6.07, 6.45) is 0. The number of hydrogen-bond donors (Lipinski definition) is 1. The molecule has 0 saturated heterocycles. The molecular formula is C17H15BrINS. The Morgan fingerprint density at radius 2 is 2.05 bits per heavy atom. The van der Waals surface area contributed by atoms with Crippen LogP contribution in [-0.2, 0) is 0 Å². The molecule has 3 rings (SSSR count). The van der Waals surface area contributed by atoms with Gasteiger partial charge in [-0.2, -0.15) is 0 Å². The summed E-state index contributed by atoms with van der Waals surface area (Å²) in [5.41, 5.74) is 2.68. The van der Waals surface area contributed by atoms with Crippen molar-refractivity contribution in [2.24, 2.45) is 0 Å². The molecule has 0 aliphatic rings. The smallest absolute Gasteiger partial charge is 0.0591 e. The Morgan fingerprint density at radius 3 is 2.81 bits per heavy atom. The van der Waals surface area contributed by atoms with E-state index in [-0.39, 0.29) is 6.04 Å². The molecule has 108 valence electrons. The molecule has 2 aromatic carbocycles. The number of fused-ring (bicyclic) bond motifs is 1. The Morgan fingerprint density at radius 1 is 1.24 bits per heavy atom. The summed E-state index contributed by atoms with van der Waals surface area (Å²) in [4.78, 5) is 0. The maximum absolute atomic E-state index is 3.65. The summed E-state index contributed by atoms with van der Waals surface area (Å²) in [5, 5.41) is 7.24. The number of hydrogen-bond acceptors (Lipinski definition) is 2. The van der Waals surface area contributed by atoms with Crippen molar-refractivity contribution in [1.82, 2.24) is 5.32 Å². The first-order valence-electron chi connectivity index (χ1n) is 6.85. The van der Waals surface area contributed by atoms with Gasteiger partial charge in [0.25, 0.3) is 0 Å². The normalized spacial score (nSPS) is 12.7. The number of thiophene rings is 1. The van der Waals surface area contributed by atoms with Gasteiger partial charge in [-0.05, 0) is 85.2 Å². The molecule has 4 heteroatoms. The van der Waals surface area contributed by atoms with Crippen molar-refractivity contribution < 1.29 is 0 Å². The fourth-order valence-electron chi connectivity index (χ4n) is 2.56. The van der Waals surface area contributed by atoms with Crippen LogP contribution in [0.15, 0.2) is 52.3 Å². The van der Waals surface area contributed by atoms with Crippen LogP contribution in [0.4, 0.5) is 0 Å². The van der Waals surface area contributed by atoms with Crippen LogP contribution >= 0.6 is 49.9 Å². The first-order chi connectivity index (χ1) is 10.2. The van der Waals surface area contributed by atoms with Crippen LogP contribution in [0.2, 0.25) is 0 Å². The van der Waals surface area contributed by atoms with Crippen LogP contribution in [0.1, 0.15) is 24.1 Å². The fraction of sp³-hybridized carbons (Fsp3) is 0.176. The minimum atomic E-state index is 0.243. The quantitative estimate of drug-likeness (QED) is 0.462. The highest BCUT2D eigenvalue weighted by molar-refractivity contribution is 14.1. The molecule has 0 aliphatic carbocycles. The van der Waals surface area contributed by atoms with Crippen LogP contribution in [-0.4, -0.2) is 6.54 Å². The van der Waals surface area contributed by atoms with Crippen molar-refractivity contribution >= 4 is 59.9 Å². The average molecular weight is 472 g/mol.